The van der Waals surface area contributed by atoms with Crippen LogP contribution in [0.3, 0.4) is 0 Å². The summed E-state index contributed by atoms with van der Waals surface area (Å²) in [5, 5.41) is 0. The maximum absolute atomic E-state index is 5.51. The first-order valence-corrected chi connectivity index (χ1v) is 7.96. The predicted molar refractivity (Wildman–Crippen MR) is 83.9 cm³/mol. The number of aromatic amines is 1. The van der Waals surface area contributed by atoms with Crippen molar-refractivity contribution in [3.05, 3.63) is 57.6 Å². The van der Waals surface area contributed by atoms with Crippen molar-refractivity contribution < 1.29 is 4.74 Å². The van der Waals surface area contributed by atoms with Crippen molar-refractivity contribution in [3.63, 3.8) is 0 Å². The molecule has 1 N–H and O–H groups in total. The second-order valence-electron chi connectivity index (χ2n) is 5.95. The molecule has 1 fully saturated rings. The second kappa shape index (κ2) is 5.04. The van der Waals surface area contributed by atoms with Gasteiger partial charge in [0, 0.05) is 17.7 Å². The van der Waals surface area contributed by atoms with Crippen LogP contribution in [0, 0.1) is 4.64 Å². The molecule has 0 radical (unpaired) electrons. The highest BCUT2D eigenvalue weighted by Crippen LogP contribution is 2.47. The topological polar surface area (TPSA) is 37.9 Å². The van der Waals surface area contributed by atoms with Gasteiger partial charge in [0.25, 0.3) is 0 Å². The fraction of sp³-hybridized carbons (Fsp3) is 0.412. The number of H-pyrrole nitrogens is 1. The van der Waals surface area contributed by atoms with E-state index in [9.17, 15) is 0 Å². The van der Waals surface area contributed by atoms with E-state index in [0.717, 1.165) is 37.3 Å². The van der Waals surface area contributed by atoms with E-state index < -0.39 is 0 Å². The summed E-state index contributed by atoms with van der Waals surface area (Å²) >= 11 is 5.51. The van der Waals surface area contributed by atoms with Crippen LogP contribution in [-0.4, -0.2) is 16.6 Å². The van der Waals surface area contributed by atoms with Gasteiger partial charge < -0.3 is 9.72 Å². The molecule has 1 aromatic heterocycles. The Morgan fingerprint density at radius 2 is 2.00 bits per heavy atom. The van der Waals surface area contributed by atoms with Crippen LogP contribution in [0.4, 0.5) is 0 Å². The predicted octanol–water partition coefficient (Wildman–Crippen LogP) is 3.68. The van der Waals surface area contributed by atoms with Gasteiger partial charge in [-0.3, -0.25) is 0 Å². The van der Waals surface area contributed by atoms with Gasteiger partial charge in [-0.05, 0) is 18.4 Å². The molecule has 4 heteroatoms. The van der Waals surface area contributed by atoms with E-state index in [0.29, 0.717) is 11.2 Å². The fourth-order valence-corrected chi connectivity index (χ4v) is 3.70. The third kappa shape index (κ3) is 2.05. The first-order valence-electron chi connectivity index (χ1n) is 7.55. The van der Waals surface area contributed by atoms with E-state index in [4.69, 9.17) is 21.9 Å². The molecule has 2 heterocycles. The lowest BCUT2D eigenvalue weighted by Gasteiger charge is -2.42. The van der Waals surface area contributed by atoms with Crippen LogP contribution in [0.15, 0.2) is 30.3 Å². The second-order valence-corrected chi connectivity index (χ2v) is 6.34. The lowest BCUT2D eigenvalue weighted by molar-refractivity contribution is 0.108. The van der Waals surface area contributed by atoms with Crippen molar-refractivity contribution in [2.45, 2.75) is 37.7 Å². The van der Waals surface area contributed by atoms with Crippen LogP contribution in [0.5, 0.6) is 0 Å². The number of nitrogens with zero attached hydrogens (tertiary/aromatic N) is 1. The maximum Gasteiger partial charge on any atom is 0.135 e. The summed E-state index contributed by atoms with van der Waals surface area (Å²) in [6.45, 7) is 1.36. The largest absolute Gasteiger partial charge is 0.376 e. The van der Waals surface area contributed by atoms with Crippen LogP contribution >= 0.6 is 12.2 Å². The van der Waals surface area contributed by atoms with E-state index in [1.165, 1.54) is 17.7 Å². The number of ether oxygens (including phenoxy) is 1. The summed E-state index contributed by atoms with van der Waals surface area (Å²) in [6.07, 6.45) is 4.44. The lowest BCUT2D eigenvalue weighted by atomic mass is 9.64. The Labute approximate surface area is 129 Å². The molecule has 2 aromatic rings. The van der Waals surface area contributed by atoms with E-state index >= 15 is 0 Å². The Balaban J connectivity index is 1.85. The fourth-order valence-electron chi connectivity index (χ4n) is 3.43. The van der Waals surface area contributed by atoms with Gasteiger partial charge in [-0.1, -0.05) is 49.0 Å². The number of nitrogens with one attached hydrogen (secondary N) is 1. The van der Waals surface area contributed by atoms with Crippen LogP contribution in [-0.2, 0) is 23.2 Å². The van der Waals surface area contributed by atoms with Gasteiger partial charge in [-0.25, -0.2) is 4.98 Å². The molecule has 3 nitrogen and oxygen atoms in total. The molecule has 1 aliphatic heterocycles. The summed E-state index contributed by atoms with van der Waals surface area (Å²) in [5.74, 6) is 1.05. The highest BCUT2D eigenvalue weighted by Gasteiger charge is 2.42. The zero-order valence-corrected chi connectivity index (χ0v) is 12.7. The number of fused-ring (bicyclic) bond motifs is 1. The molecular formula is C17H18N2OS. The van der Waals surface area contributed by atoms with Gasteiger partial charge >= 0.3 is 0 Å². The molecule has 0 amide bonds. The van der Waals surface area contributed by atoms with Crippen molar-refractivity contribution in [2.75, 3.05) is 6.61 Å². The molecule has 1 aromatic carbocycles. The van der Waals surface area contributed by atoms with Gasteiger partial charge in [0.05, 0.1) is 18.6 Å². The van der Waals surface area contributed by atoms with E-state index in [2.05, 4.69) is 35.3 Å². The molecule has 0 bridgehead atoms. The maximum atomic E-state index is 5.51. The Morgan fingerprint density at radius 3 is 2.71 bits per heavy atom. The molecule has 1 saturated carbocycles. The van der Waals surface area contributed by atoms with Crippen molar-refractivity contribution >= 4 is 12.2 Å². The average Bonchev–Trinajstić information content (AvgIpc) is 2.47. The van der Waals surface area contributed by atoms with Crippen LogP contribution in [0.2, 0.25) is 0 Å². The summed E-state index contributed by atoms with van der Waals surface area (Å²) < 4.78 is 6.21. The first-order chi connectivity index (χ1) is 10.3. The van der Waals surface area contributed by atoms with Crippen LogP contribution in [0.25, 0.3) is 0 Å². The lowest BCUT2D eigenvalue weighted by Crippen LogP contribution is -2.38. The zero-order valence-electron chi connectivity index (χ0n) is 11.9. The minimum atomic E-state index is 0.0299. The van der Waals surface area contributed by atoms with Gasteiger partial charge in [-0.15, -0.1) is 0 Å². The van der Waals surface area contributed by atoms with Crippen LogP contribution in [0.1, 0.15) is 41.9 Å². The minimum absolute atomic E-state index is 0.0299. The van der Waals surface area contributed by atoms with Gasteiger partial charge in [0.1, 0.15) is 10.5 Å². The molecular weight excluding hydrogens is 280 g/mol. The van der Waals surface area contributed by atoms with Crippen molar-refractivity contribution in [3.8, 4) is 0 Å². The number of rotatable bonds is 2. The molecule has 2 aliphatic rings. The SMILES string of the molecule is S=c1nc(C2(c3ccccc3)CCC2)[nH]c2c1COCC2. The molecule has 21 heavy (non-hydrogen) atoms. The van der Waals surface area contributed by atoms with Crippen molar-refractivity contribution in [2.24, 2.45) is 0 Å². The summed E-state index contributed by atoms with van der Waals surface area (Å²) in [4.78, 5) is 8.33. The Hall–Kier alpha value is -1.52. The van der Waals surface area contributed by atoms with E-state index in [1.807, 2.05) is 0 Å². The summed E-state index contributed by atoms with van der Waals surface area (Å²) in [6, 6.07) is 10.7. The molecule has 108 valence electrons. The van der Waals surface area contributed by atoms with E-state index in [-0.39, 0.29) is 5.41 Å². The normalized spacial score (nSPS) is 19.6. The Morgan fingerprint density at radius 1 is 1.19 bits per heavy atom. The number of hydrogen-bond acceptors (Lipinski definition) is 3. The first kappa shape index (κ1) is 13.2. The zero-order chi connectivity index (χ0) is 14.3. The van der Waals surface area contributed by atoms with Gasteiger partial charge in [0.2, 0.25) is 0 Å². The molecule has 0 unspecified atom stereocenters. The third-order valence-electron chi connectivity index (χ3n) is 4.83. The number of benzene rings is 1. The highest BCUT2D eigenvalue weighted by molar-refractivity contribution is 7.71. The molecule has 1 aliphatic carbocycles. The minimum Gasteiger partial charge on any atom is -0.376 e. The van der Waals surface area contributed by atoms with Crippen molar-refractivity contribution in [1.29, 1.82) is 0 Å². The Kier molecular flexibility index (Phi) is 3.16. The van der Waals surface area contributed by atoms with E-state index in [1.54, 1.807) is 0 Å². The molecule has 4 rings (SSSR count). The molecule has 0 saturated heterocycles. The standard InChI is InChI=1S/C17H18N2OS/c21-15-13-11-20-10-7-14(13)18-16(19-15)17(8-4-9-17)12-5-2-1-3-6-12/h1-3,5-6H,4,7-11H2,(H,18,19,21). The quantitative estimate of drug-likeness (QED) is 0.859. The number of aromatic nitrogens is 2. The van der Waals surface area contributed by atoms with Crippen molar-refractivity contribution in [1.82, 2.24) is 9.97 Å². The molecule has 0 atom stereocenters. The van der Waals surface area contributed by atoms with Gasteiger partial charge in [0.15, 0.2) is 0 Å². The monoisotopic (exact) mass is 298 g/mol. The summed E-state index contributed by atoms with van der Waals surface area (Å²) in [7, 11) is 0. The average molecular weight is 298 g/mol. The van der Waals surface area contributed by atoms with Gasteiger partial charge in [-0.2, -0.15) is 0 Å². The smallest absolute Gasteiger partial charge is 0.135 e. The van der Waals surface area contributed by atoms with Crippen LogP contribution < -0.4 is 0 Å². The number of hydrogen-bond donors (Lipinski definition) is 1. The summed E-state index contributed by atoms with van der Waals surface area (Å²) in [5.41, 5.74) is 3.67. The molecule has 0 spiro atoms. The highest BCUT2D eigenvalue weighted by atomic mass is 32.1. The third-order valence-corrected chi connectivity index (χ3v) is 5.17. The Bertz CT molecular complexity index is 719.